The van der Waals surface area contributed by atoms with E-state index in [1.54, 1.807) is 48.5 Å². The van der Waals surface area contributed by atoms with Crippen LogP contribution in [0, 0.1) is 0 Å². The van der Waals surface area contributed by atoms with E-state index in [4.69, 9.17) is 21.7 Å². The molecule has 2 amide bonds. The summed E-state index contributed by atoms with van der Waals surface area (Å²) < 4.78 is 10.8. The van der Waals surface area contributed by atoms with Gasteiger partial charge in [-0.15, -0.1) is 0 Å². The molecule has 1 aliphatic heterocycles. The minimum absolute atomic E-state index is 0.0285. The smallest absolute Gasteiger partial charge is 0.270 e. The lowest BCUT2D eigenvalue weighted by molar-refractivity contribution is -0.122. The molecule has 0 unspecified atom stereocenters. The molecule has 3 rings (SSSR count). The fraction of sp³-hybridized carbons (Fsp3) is 0.0952. The number of nitrogens with zero attached hydrogens (tertiary/aromatic N) is 1. The van der Waals surface area contributed by atoms with Crippen molar-refractivity contribution in [2.45, 2.75) is 0 Å². The van der Waals surface area contributed by atoms with Crippen LogP contribution in [0.1, 0.15) is 5.56 Å². The summed E-state index contributed by atoms with van der Waals surface area (Å²) in [6.45, 7) is 3.94. The summed E-state index contributed by atoms with van der Waals surface area (Å²) in [5.41, 5.74) is 1.16. The number of thiocarbonyl (C=S) groups is 1. The molecule has 0 aromatic heterocycles. The van der Waals surface area contributed by atoms with Crippen LogP contribution >= 0.6 is 12.2 Å². The molecule has 0 aliphatic carbocycles. The molecule has 1 fully saturated rings. The number of carbonyl (C=O) groups is 2. The molecule has 6 nitrogen and oxygen atoms in total. The number of nitrogens with one attached hydrogen (secondary N) is 1. The normalized spacial score (nSPS) is 15.4. The molecule has 28 heavy (non-hydrogen) atoms. The zero-order valence-electron chi connectivity index (χ0n) is 15.2. The Balaban J connectivity index is 1.96. The molecular formula is C21H18N2O4S. The van der Waals surface area contributed by atoms with Crippen molar-refractivity contribution in [3.63, 3.8) is 0 Å². The number of rotatable bonds is 6. The second-order valence-corrected chi connectivity index (χ2v) is 6.19. The van der Waals surface area contributed by atoms with Crippen molar-refractivity contribution in [2.75, 3.05) is 18.6 Å². The van der Waals surface area contributed by atoms with E-state index < -0.39 is 11.8 Å². The van der Waals surface area contributed by atoms with Gasteiger partial charge in [0.25, 0.3) is 11.8 Å². The Morgan fingerprint density at radius 1 is 1.14 bits per heavy atom. The standard InChI is InChI=1S/C21H18N2O4S/c1-3-11-27-17-10-9-14(13-18(17)26-2)12-16-19(24)22-21(28)23(20(16)25)15-7-5-4-6-8-15/h3-10,12-13H,1,11H2,2H3,(H,22,24,28)/b16-12+. The van der Waals surface area contributed by atoms with Crippen LogP contribution in [0.5, 0.6) is 11.5 Å². The van der Waals surface area contributed by atoms with Gasteiger partial charge in [0.1, 0.15) is 12.2 Å². The van der Waals surface area contributed by atoms with Gasteiger partial charge in [-0.2, -0.15) is 0 Å². The predicted octanol–water partition coefficient (Wildman–Crippen LogP) is 3.09. The molecular weight excluding hydrogens is 376 g/mol. The summed E-state index contributed by atoms with van der Waals surface area (Å²) in [5.74, 6) is -0.0228. The summed E-state index contributed by atoms with van der Waals surface area (Å²) in [6.07, 6.45) is 3.12. The molecule has 0 radical (unpaired) electrons. The average Bonchev–Trinajstić information content (AvgIpc) is 2.70. The van der Waals surface area contributed by atoms with E-state index in [2.05, 4.69) is 11.9 Å². The summed E-state index contributed by atoms with van der Waals surface area (Å²) in [7, 11) is 1.51. The molecule has 1 heterocycles. The van der Waals surface area contributed by atoms with Crippen LogP contribution in [-0.2, 0) is 9.59 Å². The molecule has 7 heteroatoms. The Hall–Kier alpha value is -3.45. The third-order valence-corrected chi connectivity index (χ3v) is 4.26. The Morgan fingerprint density at radius 3 is 2.57 bits per heavy atom. The predicted molar refractivity (Wildman–Crippen MR) is 111 cm³/mol. The second-order valence-electron chi connectivity index (χ2n) is 5.80. The van der Waals surface area contributed by atoms with Gasteiger partial charge in [-0.3, -0.25) is 19.8 Å². The largest absolute Gasteiger partial charge is 0.493 e. The average molecular weight is 394 g/mol. The number of hydrogen-bond donors (Lipinski definition) is 1. The number of carbonyl (C=O) groups excluding carboxylic acids is 2. The van der Waals surface area contributed by atoms with Crippen molar-refractivity contribution in [3.05, 3.63) is 72.3 Å². The van der Waals surface area contributed by atoms with Crippen molar-refractivity contribution < 1.29 is 19.1 Å². The minimum atomic E-state index is -0.548. The number of methoxy groups -OCH3 is 1. The molecule has 1 saturated heterocycles. The second kappa shape index (κ2) is 8.49. The Morgan fingerprint density at radius 2 is 1.89 bits per heavy atom. The Bertz CT molecular complexity index is 970. The molecule has 0 spiro atoms. The van der Waals surface area contributed by atoms with Gasteiger partial charge in [-0.05, 0) is 48.1 Å². The van der Waals surface area contributed by atoms with Crippen LogP contribution in [0.2, 0.25) is 0 Å². The minimum Gasteiger partial charge on any atom is -0.493 e. The molecule has 142 valence electrons. The van der Waals surface area contributed by atoms with E-state index in [1.807, 2.05) is 6.07 Å². The van der Waals surface area contributed by atoms with Crippen LogP contribution in [0.15, 0.2) is 66.8 Å². The fourth-order valence-corrected chi connectivity index (χ4v) is 2.96. The first-order valence-electron chi connectivity index (χ1n) is 8.43. The van der Waals surface area contributed by atoms with E-state index in [0.29, 0.717) is 29.4 Å². The lowest BCUT2D eigenvalue weighted by Crippen LogP contribution is -2.54. The summed E-state index contributed by atoms with van der Waals surface area (Å²) >= 11 is 5.18. The zero-order valence-corrected chi connectivity index (χ0v) is 16.0. The molecule has 0 bridgehead atoms. The molecule has 0 atom stereocenters. The highest BCUT2D eigenvalue weighted by molar-refractivity contribution is 7.80. The van der Waals surface area contributed by atoms with E-state index in [9.17, 15) is 9.59 Å². The number of ether oxygens (including phenoxy) is 2. The Labute approximate surface area is 168 Å². The van der Waals surface area contributed by atoms with Crippen LogP contribution in [0.25, 0.3) is 6.08 Å². The molecule has 1 N–H and O–H groups in total. The van der Waals surface area contributed by atoms with Gasteiger partial charge >= 0.3 is 0 Å². The number of amides is 2. The number of benzene rings is 2. The maximum atomic E-state index is 13.0. The van der Waals surface area contributed by atoms with Gasteiger partial charge in [0, 0.05) is 0 Å². The third kappa shape index (κ3) is 3.94. The summed E-state index contributed by atoms with van der Waals surface area (Å²) in [6, 6.07) is 14.0. The van der Waals surface area contributed by atoms with Gasteiger partial charge < -0.3 is 9.47 Å². The third-order valence-electron chi connectivity index (χ3n) is 3.97. The van der Waals surface area contributed by atoms with Crippen molar-refractivity contribution in [1.82, 2.24) is 5.32 Å². The van der Waals surface area contributed by atoms with Gasteiger partial charge in [-0.1, -0.05) is 36.9 Å². The maximum Gasteiger partial charge on any atom is 0.270 e. The quantitative estimate of drug-likeness (QED) is 0.353. The van der Waals surface area contributed by atoms with Crippen molar-refractivity contribution in [2.24, 2.45) is 0 Å². The molecule has 2 aromatic rings. The first kappa shape index (κ1) is 19.3. The topological polar surface area (TPSA) is 67.9 Å². The van der Waals surface area contributed by atoms with Gasteiger partial charge in [0.2, 0.25) is 0 Å². The highest BCUT2D eigenvalue weighted by Crippen LogP contribution is 2.30. The summed E-state index contributed by atoms with van der Waals surface area (Å²) in [5, 5.41) is 2.60. The molecule has 0 saturated carbocycles. The van der Waals surface area contributed by atoms with Crippen LogP contribution in [-0.4, -0.2) is 30.6 Å². The van der Waals surface area contributed by atoms with Crippen LogP contribution in [0.3, 0.4) is 0 Å². The first-order valence-corrected chi connectivity index (χ1v) is 8.84. The van der Waals surface area contributed by atoms with E-state index in [-0.39, 0.29) is 10.7 Å². The summed E-state index contributed by atoms with van der Waals surface area (Å²) in [4.78, 5) is 26.6. The first-order chi connectivity index (χ1) is 13.5. The van der Waals surface area contributed by atoms with E-state index in [1.165, 1.54) is 18.1 Å². The molecule has 2 aromatic carbocycles. The van der Waals surface area contributed by atoms with Crippen molar-refractivity contribution >= 4 is 40.9 Å². The highest BCUT2D eigenvalue weighted by atomic mass is 32.1. The van der Waals surface area contributed by atoms with Gasteiger partial charge in [0.05, 0.1) is 12.8 Å². The van der Waals surface area contributed by atoms with Gasteiger partial charge in [0.15, 0.2) is 16.6 Å². The number of para-hydroxylation sites is 1. The Kier molecular flexibility index (Phi) is 5.86. The zero-order chi connectivity index (χ0) is 20.1. The highest BCUT2D eigenvalue weighted by Gasteiger charge is 2.34. The number of anilines is 1. The van der Waals surface area contributed by atoms with Crippen LogP contribution in [0.4, 0.5) is 5.69 Å². The fourth-order valence-electron chi connectivity index (χ4n) is 2.68. The number of hydrogen-bond acceptors (Lipinski definition) is 5. The van der Waals surface area contributed by atoms with Crippen LogP contribution < -0.4 is 19.7 Å². The lowest BCUT2D eigenvalue weighted by atomic mass is 10.1. The maximum absolute atomic E-state index is 13.0. The molecule has 1 aliphatic rings. The SMILES string of the molecule is C=CCOc1ccc(/C=C2\C(=O)NC(=S)N(c3ccccc3)C2=O)cc1OC. The van der Waals surface area contributed by atoms with E-state index in [0.717, 1.165) is 0 Å². The van der Waals surface area contributed by atoms with Crippen molar-refractivity contribution in [1.29, 1.82) is 0 Å². The van der Waals surface area contributed by atoms with Crippen molar-refractivity contribution in [3.8, 4) is 11.5 Å². The monoisotopic (exact) mass is 394 g/mol. The van der Waals surface area contributed by atoms with Gasteiger partial charge in [-0.25, -0.2) is 0 Å². The lowest BCUT2D eigenvalue weighted by Gasteiger charge is -2.28. The van der Waals surface area contributed by atoms with E-state index >= 15 is 0 Å².